The fraction of sp³-hybridized carbons (Fsp3) is 0.385. The van der Waals surface area contributed by atoms with Gasteiger partial charge in [0.2, 0.25) is 5.91 Å². The van der Waals surface area contributed by atoms with Gasteiger partial charge < -0.3 is 20.5 Å². The SMILES string of the molecule is COC(=O)c1ccc(F)c(NC(=O)C2CC(O)CN2)c1.Cl. The summed E-state index contributed by atoms with van der Waals surface area (Å²) in [7, 11) is 1.22. The zero-order chi connectivity index (χ0) is 14.7. The largest absolute Gasteiger partial charge is 0.465 e. The second kappa shape index (κ2) is 7.35. The van der Waals surface area contributed by atoms with Crippen molar-refractivity contribution in [3.63, 3.8) is 0 Å². The Kier molecular flexibility index (Phi) is 6.07. The number of nitrogens with one attached hydrogen (secondary N) is 2. The molecule has 2 rings (SSSR count). The number of aliphatic hydroxyl groups excluding tert-OH is 1. The number of methoxy groups -OCH3 is 1. The van der Waals surface area contributed by atoms with Crippen LogP contribution in [0.1, 0.15) is 16.8 Å². The van der Waals surface area contributed by atoms with Crippen LogP contribution in [0.4, 0.5) is 10.1 Å². The molecule has 0 bridgehead atoms. The Balaban J connectivity index is 0.00000220. The van der Waals surface area contributed by atoms with Crippen LogP contribution in [0.2, 0.25) is 0 Å². The van der Waals surface area contributed by atoms with Crippen LogP contribution >= 0.6 is 12.4 Å². The van der Waals surface area contributed by atoms with E-state index >= 15 is 0 Å². The first-order valence-electron chi connectivity index (χ1n) is 6.11. The van der Waals surface area contributed by atoms with Crippen LogP contribution in [0, 0.1) is 5.82 Å². The summed E-state index contributed by atoms with van der Waals surface area (Å²) >= 11 is 0. The molecule has 0 radical (unpaired) electrons. The molecule has 2 unspecified atom stereocenters. The van der Waals surface area contributed by atoms with Gasteiger partial charge in [-0.3, -0.25) is 4.79 Å². The molecular formula is C13H16ClFN2O4. The number of β-amino-alcohol motifs (C(OH)–C–C–N with tert-alkyl or cyclic N) is 1. The van der Waals surface area contributed by atoms with Gasteiger partial charge in [0, 0.05) is 6.54 Å². The molecule has 8 heteroatoms. The molecular weight excluding hydrogens is 303 g/mol. The molecule has 0 saturated carbocycles. The Bertz CT molecular complexity index is 541. The highest BCUT2D eigenvalue weighted by Crippen LogP contribution is 2.18. The lowest BCUT2D eigenvalue weighted by Crippen LogP contribution is -2.35. The van der Waals surface area contributed by atoms with E-state index in [1.54, 1.807) is 0 Å². The van der Waals surface area contributed by atoms with Gasteiger partial charge in [-0.25, -0.2) is 9.18 Å². The number of ether oxygens (including phenoxy) is 1. The Morgan fingerprint density at radius 1 is 1.48 bits per heavy atom. The molecule has 1 aliphatic heterocycles. The smallest absolute Gasteiger partial charge is 0.337 e. The summed E-state index contributed by atoms with van der Waals surface area (Å²) in [5, 5.41) is 14.6. The average molecular weight is 319 g/mol. The number of rotatable bonds is 3. The highest BCUT2D eigenvalue weighted by molar-refractivity contribution is 5.97. The van der Waals surface area contributed by atoms with Crippen LogP contribution < -0.4 is 10.6 Å². The van der Waals surface area contributed by atoms with Crippen LogP contribution in [-0.2, 0) is 9.53 Å². The number of amides is 1. The zero-order valence-corrected chi connectivity index (χ0v) is 12.1. The van der Waals surface area contributed by atoms with Crippen molar-refractivity contribution < 1.29 is 23.8 Å². The summed E-state index contributed by atoms with van der Waals surface area (Å²) in [6.45, 7) is 0.322. The van der Waals surface area contributed by atoms with Gasteiger partial charge in [0.25, 0.3) is 0 Å². The molecule has 0 aliphatic carbocycles. The highest BCUT2D eigenvalue weighted by atomic mass is 35.5. The van der Waals surface area contributed by atoms with Gasteiger partial charge in [0.05, 0.1) is 30.5 Å². The van der Waals surface area contributed by atoms with Crippen molar-refractivity contribution in [1.29, 1.82) is 0 Å². The molecule has 3 N–H and O–H groups in total. The van der Waals surface area contributed by atoms with Gasteiger partial charge in [0.15, 0.2) is 0 Å². The molecule has 6 nitrogen and oxygen atoms in total. The van der Waals surface area contributed by atoms with Gasteiger partial charge in [0.1, 0.15) is 5.82 Å². The van der Waals surface area contributed by atoms with Crippen LogP contribution in [0.5, 0.6) is 0 Å². The third-order valence-corrected chi connectivity index (χ3v) is 3.07. The lowest BCUT2D eigenvalue weighted by atomic mass is 10.1. The van der Waals surface area contributed by atoms with Gasteiger partial charge in [-0.2, -0.15) is 0 Å². The van der Waals surface area contributed by atoms with Crippen LogP contribution in [0.25, 0.3) is 0 Å². The number of aliphatic hydroxyl groups is 1. The van der Waals surface area contributed by atoms with Gasteiger partial charge in [-0.1, -0.05) is 0 Å². The summed E-state index contributed by atoms with van der Waals surface area (Å²) in [4.78, 5) is 23.3. The number of halogens is 2. The highest BCUT2D eigenvalue weighted by Gasteiger charge is 2.28. The van der Waals surface area contributed by atoms with Crippen LogP contribution in [0.3, 0.4) is 0 Å². The minimum absolute atomic E-state index is 0. The number of esters is 1. The standard InChI is InChI=1S/C13H15FN2O4.ClH/c1-20-13(19)7-2-3-9(14)10(4-7)16-12(18)11-5-8(17)6-15-11;/h2-4,8,11,15,17H,5-6H2,1H3,(H,16,18);1H. The van der Waals surface area contributed by atoms with Crippen molar-refractivity contribution in [3.05, 3.63) is 29.6 Å². The molecule has 1 fully saturated rings. The van der Waals surface area contributed by atoms with E-state index in [0.29, 0.717) is 6.54 Å². The number of carbonyl (C=O) groups excluding carboxylic acids is 2. The topological polar surface area (TPSA) is 87.7 Å². The average Bonchev–Trinajstić information content (AvgIpc) is 2.87. The molecule has 1 amide bonds. The van der Waals surface area contributed by atoms with Gasteiger partial charge >= 0.3 is 5.97 Å². The predicted molar refractivity (Wildman–Crippen MR) is 76.0 cm³/mol. The number of hydrogen-bond acceptors (Lipinski definition) is 5. The summed E-state index contributed by atoms with van der Waals surface area (Å²) < 4.78 is 18.2. The van der Waals surface area contributed by atoms with Gasteiger partial charge in [-0.05, 0) is 24.6 Å². The Labute approximate surface area is 127 Å². The summed E-state index contributed by atoms with van der Waals surface area (Å²) in [5.41, 5.74) is 0.0460. The predicted octanol–water partition coefficient (Wildman–Crippen LogP) is 0.695. The van der Waals surface area contributed by atoms with Crippen LogP contribution in [0.15, 0.2) is 18.2 Å². The van der Waals surface area contributed by atoms with Crippen molar-refractivity contribution in [2.45, 2.75) is 18.6 Å². The molecule has 2 atom stereocenters. The molecule has 1 heterocycles. The van der Waals surface area contributed by atoms with E-state index in [-0.39, 0.29) is 30.1 Å². The minimum Gasteiger partial charge on any atom is -0.465 e. The fourth-order valence-electron chi connectivity index (χ4n) is 2.00. The van der Waals surface area contributed by atoms with E-state index < -0.39 is 29.8 Å². The second-order valence-corrected chi connectivity index (χ2v) is 4.53. The molecule has 1 aromatic rings. The number of anilines is 1. The number of hydrogen-bond donors (Lipinski definition) is 3. The van der Waals surface area contributed by atoms with Gasteiger partial charge in [-0.15, -0.1) is 12.4 Å². The third-order valence-electron chi connectivity index (χ3n) is 3.07. The first kappa shape index (κ1) is 17.4. The number of benzene rings is 1. The molecule has 21 heavy (non-hydrogen) atoms. The molecule has 1 aromatic carbocycles. The maximum atomic E-state index is 13.6. The maximum absolute atomic E-state index is 13.6. The van der Waals surface area contributed by atoms with E-state index in [4.69, 9.17) is 0 Å². The summed E-state index contributed by atoms with van der Waals surface area (Å²) in [6, 6.07) is 2.99. The lowest BCUT2D eigenvalue weighted by molar-refractivity contribution is -0.118. The van der Waals surface area contributed by atoms with E-state index in [1.807, 2.05) is 0 Å². The molecule has 0 aromatic heterocycles. The zero-order valence-electron chi connectivity index (χ0n) is 11.3. The van der Waals surface area contributed by atoms with Crippen molar-refractivity contribution in [3.8, 4) is 0 Å². The van der Waals surface area contributed by atoms with Crippen molar-refractivity contribution >= 4 is 30.0 Å². The maximum Gasteiger partial charge on any atom is 0.337 e. The third kappa shape index (κ3) is 4.13. The van der Waals surface area contributed by atoms with E-state index in [1.165, 1.54) is 19.2 Å². The van der Waals surface area contributed by atoms with Crippen molar-refractivity contribution in [2.75, 3.05) is 19.0 Å². The second-order valence-electron chi connectivity index (χ2n) is 4.53. The van der Waals surface area contributed by atoms with Crippen molar-refractivity contribution in [1.82, 2.24) is 5.32 Å². The molecule has 1 saturated heterocycles. The monoisotopic (exact) mass is 318 g/mol. The number of carbonyl (C=O) groups is 2. The Morgan fingerprint density at radius 2 is 2.19 bits per heavy atom. The van der Waals surface area contributed by atoms with E-state index in [0.717, 1.165) is 6.07 Å². The Hall–Kier alpha value is -1.70. The summed E-state index contributed by atoms with van der Waals surface area (Å²) in [6.07, 6.45) is -0.318. The quantitative estimate of drug-likeness (QED) is 0.714. The molecule has 1 aliphatic rings. The van der Waals surface area contributed by atoms with Crippen molar-refractivity contribution in [2.24, 2.45) is 0 Å². The van der Waals surface area contributed by atoms with E-state index in [2.05, 4.69) is 15.4 Å². The lowest BCUT2D eigenvalue weighted by Gasteiger charge is -2.12. The van der Waals surface area contributed by atoms with E-state index in [9.17, 15) is 19.1 Å². The minimum atomic E-state index is -0.649. The normalized spacial score (nSPS) is 20.5. The Morgan fingerprint density at radius 3 is 2.76 bits per heavy atom. The summed E-state index contributed by atoms with van der Waals surface area (Å²) in [5.74, 6) is -1.72. The molecule has 0 spiro atoms. The van der Waals surface area contributed by atoms with Crippen LogP contribution in [-0.4, -0.2) is 42.8 Å². The molecule has 116 valence electrons. The first-order valence-corrected chi connectivity index (χ1v) is 6.11. The first-order chi connectivity index (χ1) is 9.51. The fourth-order valence-corrected chi connectivity index (χ4v) is 2.00.